The lowest BCUT2D eigenvalue weighted by atomic mass is 9.96. The molecule has 2 N–H and O–H groups in total. The molecule has 0 fully saturated rings. The Morgan fingerprint density at radius 2 is 2.07 bits per heavy atom. The lowest BCUT2D eigenvalue weighted by molar-refractivity contribution is -0.145. The molecule has 0 aliphatic heterocycles. The van der Waals surface area contributed by atoms with E-state index in [-0.39, 0.29) is 12.4 Å². The van der Waals surface area contributed by atoms with Gasteiger partial charge in [-0.3, -0.25) is 9.59 Å². The summed E-state index contributed by atoms with van der Waals surface area (Å²) in [5.41, 5.74) is -0.956. The number of carboxylic acids is 1. The number of methoxy groups -OCH3 is 1. The number of carbonyl (C=O) groups excluding carboxylic acids is 1. The van der Waals surface area contributed by atoms with Gasteiger partial charge in [-0.15, -0.1) is 0 Å². The predicted molar refractivity (Wildman–Crippen MR) is 55.6 cm³/mol. The normalized spacial score (nSPS) is 14.3. The molecule has 1 atom stereocenters. The average molecular weight is 217 g/mol. The zero-order valence-electron chi connectivity index (χ0n) is 9.50. The molecule has 0 saturated heterocycles. The summed E-state index contributed by atoms with van der Waals surface area (Å²) >= 11 is 0. The van der Waals surface area contributed by atoms with Crippen LogP contribution >= 0.6 is 0 Å². The summed E-state index contributed by atoms with van der Waals surface area (Å²) in [6, 6.07) is 0. The molecule has 0 saturated carbocycles. The van der Waals surface area contributed by atoms with Crippen LogP contribution in [0.5, 0.6) is 0 Å². The predicted octanol–water partition coefficient (Wildman–Crippen LogP) is 0.782. The molecule has 0 aromatic carbocycles. The van der Waals surface area contributed by atoms with Crippen molar-refractivity contribution in [3.8, 4) is 0 Å². The molecule has 15 heavy (non-hydrogen) atoms. The second-order valence-corrected chi connectivity index (χ2v) is 3.64. The molecule has 0 aromatic rings. The van der Waals surface area contributed by atoms with Gasteiger partial charge in [-0.05, 0) is 13.3 Å². The van der Waals surface area contributed by atoms with E-state index in [4.69, 9.17) is 5.11 Å². The van der Waals surface area contributed by atoms with Crippen LogP contribution in [0.2, 0.25) is 0 Å². The third-order valence-electron chi connectivity index (χ3n) is 2.29. The number of hydrogen-bond acceptors (Lipinski definition) is 4. The van der Waals surface area contributed by atoms with Crippen molar-refractivity contribution in [3.63, 3.8) is 0 Å². The fourth-order valence-electron chi connectivity index (χ4n) is 1.31. The first kappa shape index (κ1) is 13.9. The summed E-state index contributed by atoms with van der Waals surface area (Å²) < 4.78 is 4.46. The van der Waals surface area contributed by atoms with Crippen LogP contribution in [0.3, 0.4) is 0 Å². The van der Waals surface area contributed by atoms with Gasteiger partial charge >= 0.3 is 11.9 Å². The molecule has 0 aromatic heterocycles. The molecule has 0 radical (unpaired) electrons. The first-order chi connectivity index (χ1) is 6.96. The van der Waals surface area contributed by atoms with Gasteiger partial charge in [0.05, 0.1) is 13.5 Å². The van der Waals surface area contributed by atoms with Crippen molar-refractivity contribution < 1.29 is 19.4 Å². The highest BCUT2D eigenvalue weighted by Crippen LogP contribution is 2.12. The Kier molecular flexibility index (Phi) is 5.93. The van der Waals surface area contributed by atoms with E-state index in [2.05, 4.69) is 10.1 Å². The van der Waals surface area contributed by atoms with Crippen LogP contribution < -0.4 is 5.32 Å². The van der Waals surface area contributed by atoms with Crippen LogP contribution in [-0.4, -0.2) is 36.2 Å². The maximum atomic E-state index is 11.0. The first-order valence-electron chi connectivity index (χ1n) is 5.01. The Hall–Kier alpha value is -1.10. The van der Waals surface area contributed by atoms with E-state index in [1.165, 1.54) is 7.11 Å². The van der Waals surface area contributed by atoms with Gasteiger partial charge < -0.3 is 15.2 Å². The zero-order valence-corrected chi connectivity index (χ0v) is 9.50. The van der Waals surface area contributed by atoms with Gasteiger partial charge in [-0.25, -0.2) is 0 Å². The number of hydrogen-bond donors (Lipinski definition) is 2. The van der Waals surface area contributed by atoms with Gasteiger partial charge in [0.1, 0.15) is 5.54 Å². The largest absolute Gasteiger partial charge is 0.480 e. The van der Waals surface area contributed by atoms with Crippen LogP contribution in [0.4, 0.5) is 0 Å². The lowest BCUT2D eigenvalue weighted by Crippen LogP contribution is -2.50. The summed E-state index contributed by atoms with van der Waals surface area (Å²) in [4.78, 5) is 21.8. The third kappa shape index (κ3) is 4.78. The molecule has 0 spiro atoms. The van der Waals surface area contributed by atoms with Gasteiger partial charge in [-0.2, -0.15) is 0 Å². The lowest BCUT2D eigenvalue weighted by Gasteiger charge is -2.25. The monoisotopic (exact) mass is 217 g/mol. The van der Waals surface area contributed by atoms with Crippen LogP contribution in [-0.2, 0) is 14.3 Å². The molecule has 5 heteroatoms. The molecule has 0 bridgehead atoms. The van der Waals surface area contributed by atoms with Crippen molar-refractivity contribution in [1.82, 2.24) is 5.32 Å². The highest BCUT2D eigenvalue weighted by Gasteiger charge is 2.31. The standard InChI is InChI=1S/C10H19NO4/c1-4-6-10(2,9(13)14)11-7-5-8(12)15-3/h11H,4-7H2,1-3H3,(H,13,14). The van der Waals surface area contributed by atoms with Crippen LogP contribution in [0.15, 0.2) is 0 Å². The van der Waals surface area contributed by atoms with E-state index >= 15 is 0 Å². The molecule has 5 nitrogen and oxygen atoms in total. The zero-order chi connectivity index (χ0) is 11.9. The van der Waals surface area contributed by atoms with Crippen molar-refractivity contribution in [2.24, 2.45) is 0 Å². The summed E-state index contributed by atoms with van der Waals surface area (Å²) in [5, 5.41) is 11.9. The Morgan fingerprint density at radius 3 is 2.47 bits per heavy atom. The van der Waals surface area contributed by atoms with E-state index < -0.39 is 11.5 Å². The summed E-state index contributed by atoms with van der Waals surface area (Å²) in [6.45, 7) is 3.86. The summed E-state index contributed by atoms with van der Waals surface area (Å²) in [6.07, 6.45) is 1.49. The van der Waals surface area contributed by atoms with Gasteiger partial charge in [0, 0.05) is 6.54 Å². The molecule has 0 heterocycles. The van der Waals surface area contributed by atoms with E-state index in [0.29, 0.717) is 13.0 Å². The molecular formula is C10H19NO4. The van der Waals surface area contributed by atoms with Gasteiger partial charge in [0.15, 0.2) is 0 Å². The van der Waals surface area contributed by atoms with Gasteiger partial charge in [-0.1, -0.05) is 13.3 Å². The Morgan fingerprint density at radius 1 is 1.47 bits per heavy atom. The minimum atomic E-state index is -0.956. The van der Waals surface area contributed by atoms with Crippen molar-refractivity contribution >= 4 is 11.9 Å². The van der Waals surface area contributed by atoms with E-state index in [9.17, 15) is 9.59 Å². The minimum absolute atomic E-state index is 0.184. The number of carbonyl (C=O) groups is 2. The van der Waals surface area contributed by atoms with Crippen LogP contribution in [0.25, 0.3) is 0 Å². The maximum Gasteiger partial charge on any atom is 0.323 e. The topological polar surface area (TPSA) is 75.6 Å². The summed E-state index contributed by atoms with van der Waals surface area (Å²) in [7, 11) is 1.31. The number of ether oxygens (including phenoxy) is 1. The average Bonchev–Trinajstić information content (AvgIpc) is 2.17. The van der Waals surface area contributed by atoms with Gasteiger partial charge in [0.25, 0.3) is 0 Å². The SMILES string of the molecule is CCCC(C)(NCCC(=O)OC)C(=O)O. The second-order valence-electron chi connectivity index (χ2n) is 3.64. The number of carboxylic acid groups (broad SMARTS) is 1. The van der Waals surface area contributed by atoms with Crippen LogP contribution in [0, 0.1) is 0 Å². The smallest absolute Gasteiger partial charge is 0.323 e. The second kappa shape index (κ2) is 6.40. The first-order valence-corrected chi connectivity index (χ1v) is 5.01. The number of rotatable bonds is 7. The molecule has 0 amide bonds. The van der Waals surface area contributed by atoms with E-state index in [0.717, 1.165) is 6.42 Å². The van der Waals surface area contributed by atoms with Crippen molar-refractivity contribution in [2.75, 3.05) is 13.7 Å². The van der Waals surface area contributed by atoms with Crippen molar-refractivity contribution in [3.05, 3.63) is 0 Å². The number of aliphatic carboxylic acids is 1. The molecule has 0 aliphatic rings. The van der Waals surface area contributed by atoms with Gasteiger partial charge in [0.2, 0.25) is 0 Å². The molecular weight excluding hydrogens is 198 g/mol. The molecule has 0 rings (SSSR count). The highest BCUT2D eigenvalue weighted by atomic mass is 16.5. The molecule has 88 valence electrons. The Balaban J connectivity index is 4.08. The maximum absolute atomic E-state index is 11.0. The third-order valence-corrected chi connectivity index (χ3v) is 2.29. The number of esters is 1. The molecule has 0 aliphatic carbocycles. The molecule has 1 unspecified atom stereocenters. The quantitative estimate of drug-likeness (QED) is 0.616. The summed E-state index contributed by atoms with van der Waals surface area (Å²) in [5.74, 6) is -1.24. The minimum Gasteiger partial charge on any atom is -0.480 e. The Labute approximate surface area is 89.8 Å². The van der Waals surface area contributed by atoms with Crippen molar-refractivity contribution in [2.45, 2.75) is 38.6 Å². The van der Waals surface area contributed by atoms with E-state index in [1.807, 2.05) is 6.92 Å². The fraction of sp³-hybridized carbons (Fsp3) is 0.800. The number of nitrogens with one attached hydrogen (secondary N) is 1. The highest BCUT2D eigenvalue weighted by molar-refractivity contribution is 5.78. The Bertz CT molecular complexity index is 229. The fourth-order valence-corrected chi connectivity index (χ4v) is 1.31. The van der Waals surface area contributed by atoms with E-state index in [1.54, 1.807) is 6.92 Å². The van der Waals surface area contributed by atoms with Crippen LogP contribution in [0.1, 0.15) is 33.1 Å². The van der Waals surface area contributed by atoms with Crippen molar-refractivity contribution in [1.29, 1.82) is 0 Å².